The van der Waals surface area contributed by atoms with Crippen LogP contribution in [0.15, 0.2) is 48.5 Å². The molecular formula is C24H32N2O5. The van der Waals surface area contributed by atoms with Gasteiger partial charge < -0.3 is 29.9 Å². The van der Waals surface area contributed by atoms with Crippen molar-refractivity contribution in [1.82, 2.24) is 10.2 Å². The van der Waals surface area contributed by atoms with Crippen LogP contribution in [0, 0.1) is 0 Å². The van der Waals surface area contributed by atoms with Crippen molar-refractivity contribution >= 4 is 5.91 Å². The minimum Gasteiger partial charge on any atom is -0.493 e. The molecule has 7 heteroatoms. The number of rotatable bonds is 9. The third kappa shape index (κ3) is 5.97. The van der Waals surface area contributed by atoms with Gasteiger partial charge in [0, 0.05) is 19.6 Å². The van der Waals surface area contributed by atoms with Gasteiger partial charge in [-0.05, 0) is 42.6 Å². The van der Waals surface area contributed by atoms with Crippen molar-refractivity contribution in [2.45, 2.75) is 31.0 Å². The Bertz CT molecular complexity index is 860. The molecule has 0 radical (unpaired) electrons. The molecule has 1 amide bonds. The van der Waals surface area contributed by atoms with Crippen molar-refractivity contribution in [3.05, 3.63) is 59.7 Å². The van der Waals surface area contributed by atoms with E-state index in [0.717, 1.165) is 17.5 Å². The van der Waals surface area contributed by atoms with E-state index in [9.17, 15) is 15.0 Å². The van der Waals surface area contributed by atoms with Crippen LogP contribution in [0.4, 0.5) is 0 Å². The minimum absolute atomic E-state index is 0.0336. The predicted molar refractivity (Wildman–Crippen MR) is 118 cm³/mol. The van der Waals surface area contributed by atoms with Crippen LogP contribution in [-0.4, -0.2) is 73.1 Å². The molecule has 2 aromatic carbocycles. The summed E-state index contributed by atoms with van der Waals surface area (Å²) < 4.78 is 10.6. The van der Waals surface area contributed by atoms with E-state index >= 15 is 0 Å². The smallest absolute Gasteiger partial charge is 0.227 e. The average molecular weight is 429 g/mol. The van der Waals surface area contributed by atoms with Crippen LogP contribution in [0.1, 0.15) is 17.5 Å². The van der Waals surface area contributed by atoms with E-state index in [1.54, 1.807) is 19.1 Å². The first kappa shape index (κ1) is 23.1. The van der Waals surface area contributed by atoms with E-state index < -0.39 is 11.7 Å². The van der Waals surface area contributed by atoms with E-state index in [-0.39, 0.29) is 19.0 Å². The van der Waals surface area contributed by atoms with E-state index in [2.05, 4.69) is 5.32 Å². The Balaban J connectivity index is 1.45. The quantitative estimate of drug-likeness (QED) is 0.523. The topological polar surface area (TPSA) is 91.3 Å². The first-order valence-corrected chi connectivity index (χ1v) is 10.6. The molecule has 1 aliphatic rings. The molecule has 2 atom stereocenters. The number of carbonyl (C=O) groups is 1. The summed E-state index contributed by atoms with van der Waals surface area (Å²) in [4.78, 5) is 14.2. The molecule has 0 saturated carbocycles. The lowest BCUT2D eigenvalue weighted by molar-refractivity contribution is -0.148. The summed E-state index contributed by atoms with van der Waals surface area (Å²) in [7, 11) is 3.21. The van der Waals surface area contributed by atoms with Crippen molar-refractivity contribution < 1.29 is 24.5 Å². The Hall–Kier alpha value is -2.61. The van der Waals surface area contributed by atoms with Crippen LogP contribution in [-0.2, 0) is 17.6 Å². The second-order valence-corrected chi connectivity index (χ2v) is 7.99. The Morgan fingerprint density at radius 2 is 1.87 bits per heavy atom. The van der Waals surface area contributed by atoms with Gasteiger partial charge in [0.05, 0.1) is 20.6 Å². The number of carbonyl (C=O) groups excluding carboxylic acids is 1. The third-order valence-corrected chi connectivity index (χ3v) is 5.85. The number of nitrogens with zero attached hydrogens (tertiary/aromatic N) is 1. The van der Waals surface area contributed by atoms with Gasteiger partial charge in [-0.3, -0.25) is 4.79 Å². The highest BCUT2D eigenvalue weighted by atomic mass is 16.5. The maximum absolute atomic E-state index is 12.5. The highest BCUT2D eigenvalue weighted by Gasteiger charge is 2.41. The molecular weight excluding hydrogens is 396 g/mol. The van der Waals surface area contributed by atoms with Gasteiger partial charge in [0.15, 0.2) is 11.5 Å². The number of aliphatic hydroxyl groups excluding tert-OH is 1. The Morgan fingerprint density at radius 3 is 2.55 bits per heavy atom. The number of likely N-dealkylation sites (tertiary alicyclic amines) is 1. The average Bonchev–Trinajstić information content (AvgIpc) is 2.79. The molecule has 1 aliphatic heterocycles. The second kappa shape index (κ2) is 10.6. The monoisotopic (exact) mass is 428 g/mol. The largest absolute Gasteiger partial charge is 0.493 e. The fraction of sp³-hybridized carbons (Fsp3) is 0.458. The van der Waals surface area contributed by atoms with Crippen LogP contribution >= 0.6 is 0 Å². The fourth-order valence-corrected chi connectivity index (χ4v) is 3.85. The maximum atomic E-state index is 12.5. The van der Waals surface area contributed by atoms with Crippen molar-refractivity contribution in [2.75, 3.05) is 40.4 Å². The van der Waals surface area contributed by atoms with Crippen LogP contribution in [0.5, 0.6) is 11.5 Å². The maximum Gasteiger partial charge on any atom is 0.227 e. The Labute approximate surface area is 183 Å². The summed E-state index contributed by atoms with van der Waals surface area (Å²) in [6.07, 6.45) is 0.386. The lowest BCUT2D eigenvalue weighted by Gasteiger charge is -2.42. The van der Waals surface area contributed by atoms with E-state index in [1.165, 1.54) is 0 Å². The van der Waals surface area contributed by atoms with Crippen molar-refractivity contribution in [3.63, 3.8) is 0 Å². The molecule has 1 heterocycles. The molecule has 0 bridgehead atoms. The number of methoxy groups -OCH3 is 2. The number of aliphatic hydroxyl groups is 2. The standard InChI is InChI=1S/C24H32N2O5/c1-30-20-9-8-19(14-21(20)31-2)10-12-25-17-24(29)11-13-26(16-22(24)27)23(28)15-18-6-4-3-5-7-18/h3-9,14,22,25,27,29H,10-13,15-17H2,1-2H3/t22-,24-/m0/s1. The van der Waals surface area contributed by atoms with E-state index in [4.69, 9.17) is 9.47 Å². The fourth-order valence-electron chi connectivity index (χ4n) is 3.85. The molecule has 3 rings (SSSR count). The molecule has 0 unspecified atom stereocenters. The number of β-amino-alcohol motifs (C(OH)–C–C–N with tert-alkyl or cyclic N) is 1. The third-order valence-electron chi connectivity index (χ3n) is 5.85. The molecule has 3 N–H and O–H groups in total. The lowest BCUT2D eigenvalue weighted by atomic mass is 9.88. The molecule has 168 valence electrons. The Kier molecular flexibility index (Phi) is 7.90. The van der Waals surface area contributed by atoms with E-state index in [1.807, 2.05) is 48.5 Å². The second-order valence-electron chi connectivity index (χ2n) is 7.99. The van der Waals surface area contributed by atoms with Crippen LogP contribution in [0.25, 0.3) is 0 Å². The summed E-state index contributed by atoms with van der Waals surface area (Å²) in [6.45, 7) is 1.47. The molecule has 0 aliphatic carbocycles. The zero-order valence-corrected chi connectivity index (χ0v) is 18.2. The van der Waals surface area contributed by atoms with Crippen molar-refractivity contribution in [1.29, 1.82) is 0 Å². The summed E-state index contributed by atoms with van der Waals surface area (Å²) in [5, 5.41) is 24.7. The van der Waals surface area contributed by atoms with Gasteiger partial charge in [0.25, 0.3) is 0 Å². The zero-order chi connectivity index (χ0) is 22.3. The summed E-state index contributed by atoms with van der Waals surface area (Å²) in [5.41, 5.74) is 0.778. The van der Waals surface area contributed by atoms with Gasteiger partial charge in [-0.15, -0.1) is 0 Å². The van der Waals surface area contributed by atoms with Crippen LogP contribution < -0.4 is 14.8 Å². The molecule has 2 aromatic rings. The summed E-state index contributed by atoms with van der Waals surface area (Å²) >= 11 is 0. The molecule has 31 heavy (non-hydrogen) atoms. The van der Waals surface area contributed by atoms with Gasteiger partial charge in [0.2, 0.25) is 5.91 Å². The molecule has 1 fully saturated rings. The summed E-state index contributed by atoms with van der Waals surface area (Å²) in [6, 6.07) is 15.3. The van der Waals surface area contributed by atoms with Gasteiger partial charge in [-0.1, -0.05) is 36.4 Å². The normalized spacial score (nSPS) is 21.0. The van der Waals surface area contributed by atoms with Crippen molar-refractivity contribution in [2.24, 2.45) is 0 Å². The molecule has 0 aromatic heterocycles. The van der Waals surface area contributed by atoms with Gasteiger partial charge in [0.1, 0.15) is 11.7 Å². The highest BCUT2D eigenvalue weighted by molar-refractivity contribution is 5.79. The number of ether oxygens (including phenoxy) is 2. The first-order chi connectivity index (χ1) is 14.9. The minimum atomic E-state index is -1.25. The zero-order valence-electron chi connectivity index (χ0n) is 18.2. The number of amides is 1. The molecule has 7 nitrogen and oxygen atoms in total. The number of hydrogen-bond donors (Lipinski definition) is 3. The van der Waals surface area contributed by atoms with E-state index in [0.29, 0.717) is 37.4 Å². The van der Waals surface area contributed by atoms with Gasteiger partial charge in [-0.25, -0.2) is 0 Å². The first-order valence-electron chi connectivity index (χ1n) is 10.6. The number of hydrogen-bond acceptors (Lipinski definition) is 6. The highest BCUT2D eigenvalue weighted by Crippen LogP contribution is 2.27. The van der Waals surface area contributed by atoms with Gasteiger partial charge >= 0.3 is 0 Å². The van der Waals surface area contributed by atoms with Crippen LogP contribution in [0.2, 0.25) is 0 Å². The SMILES string of the molecule is COc1ccc(CCNC[C@@]2(O)CCN(C(=O)Cc3ccccc3)C[C@@H]2O)cc1OC. The number of nitrogens with one attached hydrogen (secondary N) is 1. The van der Waals surface area contributed by atoms with Gasteiger partial charge in [-0.2, -0.15) is 0 Å². The summed E-state index contributed by atoms with van der Waals surface area (Å²) in [5.74, 6) is 1.33. The molecule has 1 saturated heterocycles. The van der Waals surface area contributed by atoms with Crippen LogP contribution in [0.3, 0.4) is 0 Å². The van der Waals surface area contributed by atoms with Crippen molar-refractivity contribution in [3.8, 4) is 11.5 Å². The number of benzene rings is 2. The Morgan fingerprint density at radius 1 is 1.13 bits per heavy atom. The number of piperidine rings is 1. The molecule has 0 spiro atoms. The predicted octanol–water partition coefficient (Wildman–Crippen LogP) is 1.40. The lowest BCUT2D eigenvalue weighted by Crippen LogP contribution is -2.60.